The van der Waals surface area contributed by atoms with Crippen LogP contribution in [0.25, 0.3) is 10.9 Å². The van der Waals surface area contributed by atoms with Crippen LogP contribution >= 0.6 is 11.8 Å². The molecule has 0 radical (unpaired) electrons. The average Bonchev–Trinajstić information content (AvgIpc) is 1.77. The highest BCUT2D eigenvalue weighted by molar-refractivity contribution is 8.00. The van der Waals surface area contributed by atoms with Gasteiger partial charge in [0.2, 0.25) is 88.6 Å². The quantitative estimate of drug-likeness (QED) is 0.0338. The van der Waals surface area contributed by atoms with Gasteiger partial charge in [-0.1, -0.05) is 131 Å². The van der Waals surface area contributed by atoms with Gasteiger partial charge in [0.05, 0.1) is 30.9 Å². The normalized spacial score (nSPS) is 24.4. The van der Waals surface area contributed by atoms with Crippen molar-refractivity contribution >= 4 is 129 Å². The Morgan fingerprint density at radius 1 is 0.489 bits per heavy atom. The number of benzene rings is 5. The third-order valence-corrected chi connectivity index (χ3v) is 24.6. The first-order valence-corrected chi connectivity index (χ1v) is 45.1. The number of halogens is 2. The predicted molar refractivity (Wildman–Crippen MR) is 481 cm³/mol. The number of carbonyl (C=O) groups is 18. The molecular weight excluding hydrogens is 1780 g/mol. The maximum absolute atomic E-state index is 15.7. The van der Waals surface area contributed by atoms with E-state index >= 15 is 47.5 Å². The van der Waals surface area contributed by atoms with Crippen molar-refractivity contribution in [3.05, 3.63) is 173 Å². The number of amides is 15. The molecule has 0 aliphatic carbocycles. The molecule has 15 amide bonds. The molecule has 3 fully saturated rings. The lowest BCUT2D eigenvalue weighted by atomic mass is 9.98. The fourth-order valence-electron chi connectivity index (χ4n) is 16.2. The molecule has 6 aromatic rings. The van der Waals surface area contributed by atoms with Gasteiger partial charge in [-0.05, 0) is 83.3 Å². The number of hydrogen-bond acceptors (Lipinski definition) is 22. The minimum Gasteiger partial charge on any atom is -0.508 e. The van der Waals surface area contributed by atoms with E-state index in [1.165, 1.54) is 58.4 Å². The number of aliphatic hydroxyl groups is 2. The summed E-state index contributed by atoms with van der Waals surface area (Å²) < 4.78 is 29.8. The van der Waals surface area contributed by atoms with Crippen LogP contribution in [0.2, 0.25) is 0 Å². The van der Waals surface area contributed by atoms with E-state index in [0.29, 0.717) is 45.8 Å². The molecular formula is C92H114F2N16O24S. The lowest BCUT2D eigenvalue weighted by Crippen LogP contribution is -2.62. The number of likely N-dealkylation sites (N-methyl/N-ethyl adjacent to an activating group) is 3. The first-order valence-electron chi connectivity index (χ1n) is 43.9. The number of aromatic hydroxyl groups is 1. The van der Waals surface area contributed by atoms with E-state index in [-0.39, 0.29) is 42.6 Å². The van der Waals surface area contributed by atoms with Crippen molar-refractivity contribution in [3.8, 4) is 5.75 Å². The molecule has 3 saturated heterocycles. The Hall–Kier alpha value is -14.0. The van der Waals surface area contributed by atoms with E-state index in [9.17, 15) is 78.2 Å². The molecule has 43 heteroatoms. The largest absolute Gasteiger partial charge is 0.508 e. The topological polar surface area (TPSA) is 595 Å². The molecule has 40 nitrogen and oxygen atoms in total. The number of aliphatic carboxylic acids is 3. The van der Waals surface area contributed by atoms with Crippen LogP contribution in [0.3, 0.4) is 0 Å². The van der Waals surface area contributed by atoms with Gasteiger partial charge in [0.1, 0.15) is 84.3 Å². The monoisotopic (exact) mass is 1900 g/mol. The number of nitrogens with two attached hydrogens (primary N) is 1. The van der Waals surface area contributed by atoms with E-state index < -0.39 is 310 Å². The molecule has 4 heterocycles. The molecule has 18 N–H and O–H groups in total. The second-order valence-corrected chi connectivity index (χ2v) is 35.0. The Balaban J connectivity index is 1.15. The second kappa shape index (κ2) is 49.1. The highest BCUT2D eigenvalue weighted by atomic mass is 32.2. The van der Waals surface area contributed by atoms with Gasteiger partial charge in [-0.15, -0.1) is 11.8 Å². The molecule has 0 saturated carbocycles. The van der Waals surface area contributed by atoms with Crippen molar-refractivity contribution in [1.29, 1.82) is 0 Å². The number of thioether (sulfide) groups is 1. The fraction of sp³-hybridized carbons (Fsp3) is 0.457. The van der Waals surface area contributed by atoms with E-state index in [1.54, 1.807) is 91.9 Å². The summed E-state index contributed by atoms with van der Waals surface area (Å²) in [7, 11) is 3.59. The van der Waals surface area contributed by atoms with Crippen LogP contribution in [-0.4, -0.2) is 310 Å². The number of primary amides is 1. The predicted octanol–water partition coefficient (Wildman–Crippen LogP) is -0.653. The first-order chi connectivity index (χ1) is 64.1. The number of phenolic OH excluding ortho intramolecular Hbond substituents is 1. The number of fused-ring (bicyclic) bond motifs is 3. The number of aromatic nitrogens is 1. The number of nitrogens with zero attached hydrogens (tertiary/aromatic N) is 5. The van der Waals surface area contributed by atoms with Crippen molar-refractivity contribution < 1.29 is 126 Å². The number of carboxylic acids is 3. The van der Waals surface area contributed by atoms with Gasteiger partial charge in [-0.25, -0.2) is 8.78 Å². The Morgan fingerprint density at radius 3 is 1.56 bits per heavy atom. The molecule has 0 spiro atoms. The average molecular weight is 1900 g/mol. The molecule has 15 atom stereocenters. The molecule has 5 aromatic carbocycles. The standard InChI is InChI=1S/C92H114F2N16O24S/c1-7-8-23-69-91(133)110-46-57(113)41-72(110)87(129)103-66(42-78(120)121)84(126)105-79(49(2)3)92(134)107(5)70(37-50-17-11-9-12-18-50)85(127)100-63(31-33-77(118)119)89(131)109-45-56(112)40-71(109)86(128)102-65(39-54-43-96-61-22-16-15-21-58(54)61)83(125)101-64(35-52-24-27-55(111)28-25-52)82(124)99-62(30-32-76(116)117)81(123)104-68(80(122)97-44-74(95)114)47-135-48-75(115)98-67(36-53-26-29-59(93)60(94)34-53)88(130)108(6)73(90(132)106(69)4)38-51-19-13-10-14-20-51/h9-22,24-29,34,43,49,56-57,62-73,79,96,111-113H,7-8,23,30-33,35-42,44-48H2,1-6H3,(H2,95,114)(H,97,122)(H,98,115)(H,99,124)(H,100,127)(H,101,125)(H,102,128)(H,103,129)(H,104,123)(H,105,126)(H,116,117)(H,118,119)(H,120,121)/t56-,57-,62-,63+,64+,65+,66+,67-,68+,69+,70-,71-,72-,73+,79+/m1/s1. The summed E-state index contributed by atoms with van der Waals surface area (Å²) in [5.74, 6) is -26.6. The van der Waals surface area contributed by atoms with Gasteiger partial charge in [0.25, 0.3) is 0 Å². The Bertz CT molecular complexity index is 5310. The zero-order chi connectivity index (χ0) is 98.8. The molecule has 135 heavy (non-hydrogen) atoms. The van der Waals surface area contributed by atoms with E-state index in [0.717, 1.165) is 49.7 Å². The maximum Gasteiger partial charge on any atom is 0.305 e. The summed E-state index contributed by atoms with van der Waals surface area (Å²) in [5, 5.41) is 86.8. The number of phenols is 1. The minimum atomic E-state index is -2.07. The number of rotatable bonds is 25. The summed E-state index contributed by atoms with van der Waals surface area (Å²) in [6.07, 6.45) is -8.57. The number of para-hydroxylation sites is 1. The lowest BCUT2D eigenvalue weighted by molar-refractivity contribution is -0.152. The number of nitrogens with one attached hydrogen (secondary N) is 10. The molecule has 0 unspecified atom stereocenters. The van der Waals surface area contributed by atoms with Crippen molar-refractivity contribution in [1.82, 2.24) is 77.3 Å². The zero-order valence-electron chi connectivity index (χ0n) is 75.1. The third-order valence-electron chi connectivity index (χ3n) is 23.6. The van der Waals surface area contributed by atoms with Crippen LogP contribution in [0.15, 0.2) is 134 Å². The molecule has 1 aromatic heterocycles. The smallest absolute Gasteiger partial charge is 0.305 e. The van der Waals surface area contributed by atoms with Crippen molar-refractivity contribution in [2.24, 2.45) is 11.7 Å². The van der Waals surface area contributed by atoms with E-state index in [2.05, 4.69) is 52.8 Å². The van der Waals surface area contributed by atoms with E-state index in [4.69, 9.17) is 5.73 Å². The van der Waals surface area contributed by atoms with Crippen LogP contribution < -0.4 is 53.6 Å². The third kappa shape index (κ3) is 29.5. The highest BCUT2D eigenvalue weighted by Gasteiger charge is 2.48. The molecule has 0 bridgehead atoms. The number of carbonyl (C=O) groups excluding carboxylic acids is 15. The van der Waals surface area contributed by atoms with Gasteiger partial charge in [-0.2, -0.15) is 0 Å². The lowest BCUT2D eigenvalue weighted by Gasteiger charge is -2.38. The number of hydrogen-bond donors (Lipinski definition) is 17. The van der Waals surface area contributed by atoms with Crippen LogP contribution in [0.1, 0.15) is 113 Å². The summed E-state index contributed by atoms with van der Waals surface area (Å²) in [5.41, 5.74) is 7.32. The van der Waals surface area contributed by atoms with Gasteiger partial charge in [0, 0.05) is 115 Å². The Labute approximate surface area is 779 Å². The Morgan fingerprint density at radius 2 is 0.985 bits per heavy atom. The van der Waals surface area contributed by atoms with Gasteiger partial charge in [-0.3, -0.25) is 86.3 Å². The fourth-order valence-corrected chi connectivity index (χ4v) is 17.1. The van der Waals surface area contributed by atoms with E-state index in [1.807, 2.05) is 0 Å². The van der Waals surface area contributed by atoms with Crippen LogP contribution in [0.4, 0.5) is 8.78 Å². The van der Waals surface area contributed by atoms with Gasteiger partial charge >= 0.3 is 17.9 Å². The Kier molecular flexibility index (Phi) is 38.1. The molecule has 726 valence electrons. The number of H-pyrrole nitrogens is 1. The number of aliphatic hydroxyl groups excluding tert-OH is 2. The number of unbranched alkanes of at least 4 members (excludes halogenated alkanes) is 1. The van der Waals surface area contributed by atoms with Crippen LogP contribution in [0.5, 0.6) is 5.75 Å². The second-order valence-electron chi connectivity index (χ2n) is 34.0. The SMILES string of the molecule is CCCC[C@H]1C(=O)N2C[C@H](O)C[C@@H]2C(=O)N[C@@H](CC(=O)O)C(=O)N[C@@H](C(C)C)C(=O)N(C)[C@H](Cc2ccccc2)C(=O)N[C@@H](CCC(=O)O)C(=O)N2C[C@H](O)C[C@@H]2C(=O)N[C@@H](Cc2c[nH]c3ccccc23)C(=O)N[C@@H](Cc2ccc(O)cc2)C(=O)N[C@H](CCC(=O)O)C(=O)N[C@H](C(=O)NCC(N)=O)CSCC(=O)N[C@H](Cc2ccc(F)c(F)c2)C(=O)N(C)[C@@H](Cc2ccccc2)C(=O)N1C. The number of carboxylic acid groups (broad SMARTS) is 3. The number of aromatic amines is 1. The summed E-state index contributed by atoms with van der Waals surface area (Å²) in [6, 6.07) is 7.46. The van der Waals surface area contributed by atoms with Crippen LogP contribution in [0, 0.1) is 17.6 Å². The summed E-state index contributed by atoms with van der Waals surface area (Å²) >= 11 is 0.607. The highest BCUT2D eigenvalue weighted by Crippen LogP contribution is 2.29. The summed E-state index contributed by atoms with van der Waals surface area (Å²) in [6.45, 7) is 2.65. The summed E-state index contributed by atoms with van der Waals surface area (Å²) in [4.78, 5) is 270. The van der Waals surface area contributed by atoms with Crippen molar-refractivity contribution in [2.45, 2.75) is 208 Å². The maximum atomic E-state index is 15.7. The minimum absolute atomic E-state index is 0.0704. The van der Waals surface area contributed by atoms with Crippen molar-refractivity contribution in [3.63, 3.8) is 0 Å². The molecule has 3 aliphatic heterocycles. The first kappa shape index (κ1) is 105. The zero-order valence-corrected chi connectivity index (χ0v) is 75.9. The molecule has 3 aliphatic rings. The van der Waals surface area contributed by atoms with Crippen molar-refractivity contribution in [2.75, 3.05) is 52.3 Å². The van der Waals surface area contributed by atoms with Gasteiger partial charge in [0.15, 0.2) is 11.6 Å². The van der Waals surface area contributed by atoms with Gasteiger partial charge < -0.3 is 114 Å². The molecule has 9 rings (SSSR count). The van der Waals surface area contributed by atoms with Crippen LogP contribution in [-0.2, 0) is 118 Å².